The summed E-state index contributed by atoms with van der Waals surface area (Å²) in [6.07, 6.45) is 3.30. The first-order chi connectivity index (χ1) is 13.1. The summed E-state index contributed by atoms with van der Waals surface area (Å²) in [5, 5.41) is 20.4. The predicted molar refractivity (Wildman–Crippen MR) is 98.5 cm³/mol. The van der Waals surface area contributed by atoms with Crippen molar-refractivity contribution in [3.63, 3.8) is 0 Å². The Hall–Kier alpha value is -2.73. The molecule has 1 fully saturated rings. The lowest BCUT2D eigenvalue weighted by atomic mass is 10.0. The molecular formula is C18H20N4O4S. The largest absolute Gasteiger partial charge is 0.497 e. The Labute approximate surface area is 161 Å². The molecule has 1 heterocycles. The van der Waals surface area contributed by atoms with Crippen LogP contribution in [0.3, 0.4) is 0 Å². The van der Waals surface area contributed by atoms with Crippen molar-refractivity contribution in [1.82, 2.24) is 15.5 Å². The van der Waals surface area contributed by atoms with Crippen LogP contribution in [0.5, 0.6) is 11.5 Å². The highest BCUT2D eigenvalue weighted by Crippen LogP contribution is 2.34. The normalized spacial score (nSPS) is 15.1. The number of hydrogen-bond donors (Lipinski definition) is 1. The molecule has 0 aliphatic heterocycles. The van der Waals surface area contributed by atoms with Gasteiger partial charge >= 0.3 is 0 Å². The van der Waals surface area contributed by atoms with E-state index in [1.807, 2.05) is 0 Å². The molecular weight excluding hydrogens is 368 g/mol. The van der Waals surface area contributed by atoms with E-state index in [1.165, 1.54) is 0 Å². The Morgan fingerprint density at radius 3 is 2.78 bits per heavy atom. The highest BCUT2D eigenvalue weighted by atomic mass is 32.2. The number of ether oxygens (including phenoxy) is 2. The Balaban J connectivity index is 1.63. The van der Waals surface area contributed by atoms with Crippen LogP contribution in [0, 0.1) is 11.3 Å². The third-order valence-electron chi connectivity index (χ3n) is 4.42. The smallest absolute Gasteiger partial charge is 0.277 e. The minimum Gasteiger partial charge on any atom is -0.497 e. The Bertz CT molecular complexity index is 855. The SMILES string of the molecule is COc1ccc(-c2nnc(SCC(=O)NC3(C#N)CCCC3)o2)c(OC)c1. The number of nitrogens with one attached hydrogen (secondary N) is 1. The summed E-state index contributed by atoms with van der Waals surface area (Å²) in [5.74, 6) is 1.38. The molecule has 0 atom stereocenters. The summed E-state index contributed by atoms with van der Waals surface area (Å²) in [6.45, 7) is 0. The fourth-order valence-electron chi connectivity index (χ4n) is 3.03. The Kier molecular flexibility index (Phi) is 5.86. The monoisotopic (exact) mass is 388 g/mol. The summed E-state index contributed by atoms with van der Waals surface area (Å²) < 4.78 is 16.1. The van der Waals surface area contributed by atoms with Crippen LogP contribution >= 0.6 is 11.8 Å². The van der Waals surface area contributed by atoms with Gasteiger partial charge in [0.1, 0.15) is 17.0 Å². The molecule has 1 amide bonds. The number of hydrogen-bond acceptors (Lipinski definition) is 8. The summed E-state index contributed by atoms with van der Waals surface area (Å²) in [7, 11) is 3.12. The van der Waals surface area contributed by atoms with Crippen LogP contribution in [-0.4, -0.2) is 41.6 Å². The number of methoxy groups -OCH3 is 2. The highest BCUT2D eigenvalue weighted by molar-refractivity contribution is 7.99. The van der Waals surface area contributed by atoms with Gasteiger partial charge < -0.3 is 19.2 Å². The van der Waals surface area contributed by atoms with E-state index >= 15 is 0 Å². The van der Waals surface area contributed by atoms with Gasteiger partial charge in [-0.3, -0.25) is 4.79 Å². The first-order valence-corrected chi connectivity index (χ1v) is 9.49. The molecule has 3 rings (SSSR count). The third kappa shape index (κ3) is 4.34. The number of nitriles is 1. The fraction of sp³-hybridized carbons (Fsp3) is 0.444. The lowest BCUT2D eigenvalue weighted by Gasteiger charge is -2.21. The molecule has 0 saturated heterocycles. The number of carbonyl (C=O) groups is 1. The summed E-state index contributed by atoms with van der Waals surface area (Å²) in [5.41, 5.74) is -0.0924. The highest BCUT2D eigenvalue weighted by Gasteiger charge is 2.35. The molecule has 1 aromatic carbocycles. The topological polar surface area (TPSA) is 110 Å². The average Bonchev–Trinajstić information content (AvgIpc) is 3.36. The third-order valence-corrected chi connectivity index (χ3v) is 5.24. The van der Waals surface area contributed by atoms with Crippen LogP contribution in [0.15, 0.2) is 27.8 Å². The number of rotatable bonds is 7. The Morgan fingerprint density at radius 2 is 2.11 bits per heavy atom. The molecule has 1 aliphatic rings. The van der Waals surface area contributed by atoms with Gasteiger partial charge in [0.15, 0.2) is 0 Å². The first-order valence-electron chi connectivity index (χ1n) is 8.50. The van der Waals surface area contributed by atoms with E-state index in [0.717, 1.165) is 24.6 Å². The first kappa shape index (κ1) is 19.0. The van der Waals surface area contributed by atoms with E-state index in [4.69, 9.17) is 13.9 Å². The zero-order valence-corrected chi connectivity index (χ0v) is 16.0. The quantitative estimate of drug-likeness (QED) is 0.721. The van der Waals surface area contributed by atoms with Crippen molar-refractivity contribution in [2.45, 2.75) is 36.4 Å². The minimum atomic E-state index is -0.728. The van der Waals surface area contributed by atoms with Crippen LogP contribution in [0.2, 0.25) is 0 Å². The van der Waals surface area contributed by atoms with E-state index in [-0.39, 0.29) is 16.9 Å². The molecule has 0 spiro atoms. The number of benzene rings is 1. The minimum absolute atomic E-state index is 0.102. The van der Waals surface area contributed by atoms with Crippen molar-refractivity contribution in [2.24, 2.45) is 0 Å². The molecule has 0 radical (unpaired) electrons. The predicted octanol–water partition coefficient (Wildman–Crippen LogP) is 2.80. The standard InChI is InChI=1S/C18H20N4O4S/c1-24-12-5-6-13(14(9-12)25-2)16-21-22-17(26-16)27-10-15(23)20-18(11-19)7-3-4-8-18/h5-6,9H,3-4,7-8,10H2,1-2H3,(H,20,23). The maximum absolute atomic E-state index is 12.2. The van der Waals surface area contributed by atoms with Crippen LogP contribution in [0.4, 0.5) is 0 Å². The maximum atomic E-state index is 12.2. The van der Waals surface area contributed by atoms with E-state index in [9.17, 15) is 10.1 Å². The summed E-state index contributed by atoms with van der Waals surface area (Å²) in [4.78, 5) is 12.2. The molecule has 1 N–H and O–H groups in total. The number of nitrogens with zero attached hydrogens (tertiary/aromatic N) is 3. The van der Waals surface area contributed by atoms with Crippen molar-refractivity contribution in [2.75, 3.05) is 20.0 Å². The summed E-state index contributed by atoms with van der Waals surface area (Å²) >= 11 is 1.13. The molecule has 1 saturated carbocycles. The lowest BCUT2D eigenvalue weighted by molar-refractivity contribution is -0.119. The molecule has 142 valence electrons. The number of aromatic nitrogens is 2. The number of amides is 1. The van der Waals surface area contributed by atoms with Gasteiger partial charge in [-0.25, -0.2) is 0 Å². The van der Waals surface area contributed by atoms with Crippen LogP contribution < -0.4 is 14.8 Å². The zero-order valence-electron chi connectivity index (χ0n) is 15.2. The van der Waals surface area contributed by atoms with Crippen molar-refractivity contribution in [3.05, 3.63) is 18.2 Å². The second-order valence-corrected chi connectivity index (χ2v) is 7.10. The molecule has 2 aromatic rings. The van der Waals surface area contributed by atoms with Gasteiger partial charge in [0.2, 0.25) is 5.91 Å². The van der Waals surface area contributed by atoms with E-state index in [0.29, 0.717) is 35.8 Å². The molecule has 1 aliphatic carbocycles. The van der Waals surface area contributed by atoms with E-state index in [2.05, 4.69) is 21.6 Å². The van der Waals surface area contributed by atoms with Crippen molar-refractivity contribution >= 4 is 17.7 Å². The van der Waals surface area contributed by atoms with Gasteiger partial charge in [-0.15, -0.1) is 10.2 Å². The lowest BCUT2D eigenvalue weighted by Crippen LogP contribution is -2.45. The molecule has 1 aromatic heterocycles. The van der Waals surface area contributed by atoms with E-state index < -0.39 is 5.54 Å². The molecule has 0 unspecified atom stereocenters. The van der Waals surface area contributed by atoms with Crippen molar-refractivity contribution < 1.29 is 18.7 Å². The van der Waals surface area contributed by atoms with Gasteiger partial charge in [-0.05, 0) is 37.8 Å². The van der Waals surface area contributed by atoms with Gasteiger partial charge in [0.05, 0.1) is 31.6 Å². The molecule has 0 bridgehead atoms. The zero-order chi connectivity index (χ0) is 19.3. The maximum Gasteiger partial charge on any atom is 0.277 e. The van der Waals surface area contributed by atoms with Gasteiger partial charge in [-0.1, -0.05) is 11.8 Å². The Morgan fingerprint density at radius 1 is 1.33 bits per heavy atom. The van der Waals surface area contributed by atoms with Crippen LogP contribution in [-0.2, 0) is 4.79 Å². The van der Waals surface area contributed by atoms with Crippen LogP contribution in [0.1, 0.15) is 25.7 Å². The molecule has 9 heteroatoms. The van der Waals surface area contributed by atoms with Crippen LogP contribution in [0.25, 0.3) is 11.5 Å². The van der Waals surface area contributed by atoms with Gasteiger partial charge in [0.25, 0.3) is 11.1 Å². The second-order valence-electron chi connectivity index (χ2n) is 6.18. The molecule has 8 nitrogen and oxygen atoms in total. The number of thioether (sulfide) groups is 1. The van der Waals surface area contributed by atoms with Crippen molar-refractivity contribution in [3.8, 4) is 29.0 Å². The summed E-state index contributed by atoms with van der Waals surface area (Å²) in [6, 6.07) is 7.50. The second kappa shape index (κ2) is 8.31. The van der Waals surface area contributed by atoms with E-state index in [1.54, 1.807) is 32.4 Å². The number of carbonyl (C=O) groups excluding carboxylic acids is 1. The molecule has 27 heavy (non-hydrogen) atoms. The van der Waals surface area contributed by atoms with Crippen molar-refractivity contribution in [1.29, 1.82) is 5.26 Å². The van der Waals surface area contributed by atoms with Gasteiger partial charge in [0, 0.05) is 6.07 Å². The average molecular weight is 388 g/mol. The fourth-order valence-corrected chi connectivity index (χ4v) is 3.59. The van der Waals surface area contributed by atoms with Gasteiger partial charge in [-0.2, -0.15) is 5.26 Å².